The van der Waals surface area contributed by atoms with Gasteiger partial charge in [0, 0.05) is 21.6 Å². The highest BCUT2D eigenvalue weighted by Crippen LogP contribution is 2.38. The molecule has 2 heterocycles. The summed E-state index contributed by atoms with van der Waals surface area (Å²) >= 11 is 2.70. The number of nitrogens with one attached hydrogen (secondary N) is 1. The molecule has 0 aliphatic heterocycles. The van der Waals surface area contributed by atoms with E-state index >= 15 is 0 Å². The number of hydrogen-bond donors (Lipinski definition) is 2. The monoisotopic (exact) mass is 489 g/mol. The third-order valence-corrected chi connectivity index (χ3v) is 7.26. The van der Waals surface area contributed by atoms with Gasteiger partial charge < -0.3 is 11.1 Å². The van der Waals surface area contributed by atoms with E-state index in [4.69, 9.17) is 5.73 Å². The van der Waals surface area contributed by atoms with Crippen molar-refractivity contribution >= 4 is 44.6 Å². The van der Waals surface area contributed by atoms with Crippen LogP contribution < -0.4 is 11.1 Å². The Labute approximate surface area is 195 Å². The quantitative estimate of drug-likeness (QED) is 0.392. The van der Waals surface area contributed by atoms with Gasteiger partial charge in [-0.3, -0.25) is 9.59 Å². The number of carbonyl (C=O) groups excluding carboxylic acids is 2. The van der Waals surface area contributed by atoms with Crippen molar-refractivity contribution in [2.75, 3.05) is 6.54 Å². The van der Waals surface area contributed by atoms with Crippen molar-refractivity contribution in [1.29, 1.82) is 0 Å². The molecule has 2 amide bonds. The number of amides is 2. The lowest BCUT2D eigenvalue weighted by molar-refractivity contribution is -0.137. The molecule has 3 N–H and O–H groups in total. The fraction of sp³-hybridized carbons (Fsp3) is 0.174. The van der Waals surface area contributed by atoms with E-state index in [-0.39, 0.29) is 6.54 Å². The number of benzene rings is 2. The van der Waals surface area contributed by atoms with Gasteiger partial charge in [0.1, 0.15) is 9.88 Å². The summed E-state index contributed by atoms with van der Waals surface area (Å²) in [6.07, 6.45) is -4.01. The second-order valence-corrected chi connectivity index (χ2v) is 9.53. The van der Waals surface area contributed by atoms with Crippen LogP contribution in [-0.2, 0) is 17.4 Å². The number of thiazole rings is 1. The van der Waals surface area contributed by atoms with Gasteiger partial charge in [0.25, 0.3) is 5.91 Å². The average Bonchev–Trinajstić information content (AvgIpc) is 3.34. The van der Waals surface area contributed by atoms with Gasteiger partial charge in [-0.15, -0.1) is 22.7 Å². The fourth-order valence-corrected chi connectivity index (χ4v) is 5.69. The van der Waals surface area contributed by atoms with Gasteiger partial charge >= 0.3 is 6.18 Å². The molecule has 0 saturated carbocycles. The van der Waals surface area contributed by atoms with Crippen LogP contribution in [0, 0.1) is 6.92 Å². The molecule has 10 heteroatoms. The number of alkyl halides is 3. The summed E-state index contributed by atoms with van der Waals surface area (Å²) in [5, 5.41) is 4.07. The molecular weight excluding hydrogens is 471 g/mol. The van der Waals surface area contributed by atoms with Crippen LogP contribution in [0.5, 0.6) is 0 Å². The third-order valence-electron chi connectivity index (χ3n) is 4.88. The van der Waals surface area contributed by atoms with Gasteiger partial charge in [-0.1, -0.05) is 36.4 Å². The van der Waals surface area contributed by atoms with Gasteiger partial charge in [-0.25, -0.2) is 4.98 Å². The molecule has 0 aliphatic carbocycles. The molecule has 0 aliphatic rings. The van der Waals surface area contributed by atoms with E-state index in [1.165, 1.54) is 34.8 Å². The Kier molecular flexibility index (Phi) is 6.22. The summed E-state index contributed by atoms with van der Waals surface area (Å²) in [5.74, 6) is -1.05. The highest BCUT2D eigenvalue weighted by molar-refractivity contribution is 7.21. The van der Waals surface area contributed by atoms with E-state index in [1.54, 1.807) is 13.0 Å². The molecule has 0 atom stereocenters. The Morgan fingerprint density at radius 3 is 2.58 bits per heavy atom. The zero-order valence-corrected chi connectivity index (χ0v) is 19.0. The van der Waals surface area contributed by atoms with Crippen molar-refractivity contribution in [2.45, 2.75) is 19.5 Å². The predicted molar refractivity (Wildman–Crippen MR) is 123 cm³/mol. The Morgan fingerprint density at radius 2 is 1.85 bits per heavy atom. The van der Waals surface area contributed by atoms with Crippen molar-refractivity contribution in [3.63, 3.8) is 0 Å². The summed E-state index contributed by atoms with van der Waals surface area (Å²) in [7, 11) is 0. The second-order valence-electron chi connectivity index (χ2n) is 7.39. The third kappa shape index (κ3) is 5.07. The number of hydrogen-bond acceptors (Lipinski definition) is 5. The van der Waals surface area contributed by atoms with Crippen LogP contribution in [0.1, 0.15) is 31.4 Å². The van der Waals surface area contributed by atoms with Crippen LogP contribution in [0.3, 0.4) is 0 Å². The molecule has 0 radical (unpaired) electrons. The first-order chi connectivity index (χ1) is 15.6. The minimum absolute atomic E-state index is 0.259. The molecule has 4 aromatic rings. The Morgan fingerprint density at radius 1 is 1.09 bits per heavy atom. The Bertz CT molecular complexity index is 1360. The van der Waals surface area contributed by atoms with E-state index in [2.05, 4.69) is 10.3 Å². The van der Waals surface area contributed by atoms with Crippen molar-refractivity contribution < 1.29 is 22.8 Å². The number of nitrogens with zero attached hydrogens (tertiary/aromatic N) is 1. The maximum absolute atomic E-state index is 13.0. The van der Waals surface area contributed by atoms with Gasteiger partial charge in [0.15, 0.2) is 0 Å². The van der Waals surface area contributed by atoms with Crippen LogP contribution in [0.25, 0.3) is 20.7 Å². The SMILES string of the molecule is Cc1nc(-c2cccc3cc(Cc4cccc(C(F)(F)F)c4)sc23)sc1C(=O)NCC(N)=O. The molecule has 33 heavy (non-hydrogen) atoms. The number of nitrogens with two attached hydrogens (primary N) is 1. The van der Waals surface area contributed by atoms with Crippen molar-refractivity contribution in [3.05, 3.63) is 75.1 Å². The molecule has 170 valence electrons. The number of halogens is 3. The van der Waals surface area contributed by atoms with Gasteiger partial charge in [0.2, 0.25) is 5.91 Å². The topological polar surface area (TPSA) is 85.1 Å². The van der Waals surface area contributed by atoms with E-state index in [9.17, 15) is 22.8 Å². The fourth-order valence-electron chi connectivity index (χ4n) is 3.40. The summed E-state index contributed by atoms with van der Waals surface area (Å²) in [4.78, 5) is 29.1. The molecule has 0 unspecified atom stereocenters. The number of aromatic nitrogens is 1. The molecule has 0 saturated heterocycles. The number of rotatable bonds is 6. The zero-order chi connectivity index (χ0) is 23.8. The Hall–Kier alpha value is -3.24. The van der Waals surface area contributed by atoms with E-state index in [0.29, 0.717) is 27.6 Å². The molecule has 0 bridgehead atoms. The molecule has 2 aromatic carbocycles. The standard InChI is InChI=1S/C23H18F3N3O2S2/c1-12-19(21(31)28-11-18(27)30)33-22(29-12)17-7-3-5-14-10-16(32-20(14)17)9-13-4-2-6-15(8-13)23(24,25)26/h2-8,10H,9,11H2,1H3,(H2,27,30)(H,28,31). The molecule has 5 nitrogen and oxygen atoms in total. The highest BCUT2D eigenvalue weighted by Gasteiger charge is 2.30. The first-order valence-corrected chi connectivity index (χ1v) is 11.5. The number of primary amides is 1. The summed E-state index contributed by atoms with van der Waals surface area (Å²) < 4.78 is 40.1. The minimum atomic E-state index is -4.38. The van der Waals surface area contributed by atoms with Crippen LogP contribution in [0.4, 0.5) is 13.2 Å². The first kappa shape index (κ1) is 22.9. The van der Waals surface area contributed by atoms with Crippen molar-refractivity contribution in [2.24, 2.45) is 5.73 Å². The maximum Gasteiger partial charge on any atom is 0.416 e. The number of fused-ring (bicyclic) bond motifs is 1. The first-order valence-electron chi connectivity index (χ1n) is 9.83. The molecule has 0 fully saturated rings. The zero-order valence-electron chi connectivity index (χ0n) is 17.3. The van der Waals surface area contributed by atoms with Crippen LogP contribution in [0.15, 0.2) is 48.5 Å². The normalized spacial score (nSPS) is 11.6. The number of carbonyl (C=O) groups is 2. The van der Waals surface area contributed by atoms with Gasteiger partial charge in [0.05, 0.1) is 17.8 Å². The van der Waals surface area contributed by atoms with Crippen molar-refractivity contribution in [1.82, 2.24) is 10.3 Å². The molecular formula is C23H18F3N3O2S2. The second kappa shape index (κ2) is 8.95. The largest absolute Gasteiger partial charge is 0.416 e. The summed E-state index contributed by atoms with van der Waals surface area (Å²) in [6.45, 7) is 1.46. The van der Waals surface area contributed by atoms with Gasteiger partial charge in [-0.05, 0) is 30.0 Å². The molecule has 0 spiro atoms. The number of aryl methyl sites for hydroxylation is 1. The lowest BCUT2D eigenvalue weighted by Gasteiger charge is -2.08. The smallest absolute Gasteiger partial charge is 0.368 e. The maximum atomic E-state index is 13.0. The van der Waals surface area contributed by atoms with Crippen LogP contribution >= 0.6 is 22.7 Å². The number of thiophene rings is 1. The van der Waals surface area contributed by atoms with Crippen LogP contribution in [-0.4, -0.2) is 23.3 Å². The minimum Gasteiger partial charge on any atom is -0.368 e. The van der Waals surface area contributed by atoms with E-state index in [1.807, 2.05) is 24.3 Å². The Balaban J connectivity index is 1.65. The highest BCUT2D eigenvalue weighted by atomic mass is 32.1. The van der Waals surface area contributed by atoms with E-state index in [0.717, 1.165) is 26.6 Å². The van der Waals surface area contributed by atoms with Gasteiger partial charge in [-0.2, -0.15) is 13.2 Å². The van der Waals surface area contributed by atoms with E-state index < -0.39 is 23.6 Å². The lowest BCUT2D eigenvalue weighted by atomic mass is 10.1. The summed E-state index contributed by atoms with van der Waals surface area (Å²) in [5.41, 5.74) is 6.38. The predicted octanol–water partition coefficient (Wildman–Crippen LogP) is 5.16. The van der Waals surface area contributed by atoms with Crippen LogP contribution in [0.2, 0.25) is 0 Å². The molecule has 4 rings (SSSR count). The van der Waals surface area contributed by atoms with Crippen molar-refractivity contribution in [3.8, 4) is 10.6 Å². The lowest BCUT2D eigenvalue weighted by Crippen LogP contribution is -2.33. The summed E-state index contributed by atoms with van der Waals surface area (Å²) in [6, 6.07) is 13.0. The molecule has 2 aromatic heterocycles. The average molecular weight is 490 g/mol.